The summed E-state index contributed by atoms with van der Waals surface area (Å²) in [7, 11) is -1.77. The highest BCUT2D eigenvalue weighted by Gasteiger charge is 2.57. The van der Waals surface area contributed by atoms with E-state index < -0.39 is 13.9 Å². The molecule has 2 rings (SSSR count). The van der Waals surface area contributed by atoms with Crippen molar-refractivity contribution in [2.24, 2.45) is 22.7 Å². The molecule has 0 aromatic carbocycles. The van der Waals surface area contributed by atoms with Gasteiger partial charge in [0.15, 0.2) is 8.32 Å². The Morgan fingerprint density at radius 2 is 1.70 bits per heavy atom. The van der Waals surface area contributed by atoms with Crippen LogP contribution < -0.4 is 0 Å². The number of terminal acetylenes is 1. The molecular formula is C27H50O2Si. The molecule has 0 amide bonds. The summed E-state index contributed by atoms with van der Waals surface area (Å²) >= 11 is 0. The fourth-order valence-electron chi connectivity index (χ4n) is 6.50. The van der Waals surface area contributed by atoms with E-state index in [4.69, 9.17) is 10.8 Å². The molecule has 0 aromatic heterocycles. The lowest BCUT2D eigenvalue weighted by molar-refractivity contribution is -0.0444. The zero-order valence-electron chi connectivity index (χ0n) is 21.5. The van der Waals surface area contributed by atoms with Crippen molar-refractivity contribution in [1.82, 2.24) is 0 Å². The van der Waals surface area contributed by atoms with Crippen molar-refractivity contribution >= 4 is 8.32 Å². The minimum Gasteiger partial charge on any atom is -0.414 e. The van der Waals surface area contributed by atoms with Crippen LogP contribution in [0.15, 0.2) is 0 Å². The van der Waals surface area contributed by atoms with Gasteiger partial charge in [-0.25, -0.2) is 0 Å². The molecule has 0 heterocycles. The van der Waals surface area contributed by atoms with Gasteiger partial charge in [0.05, 0.1) is 5.60 Å². The number of fused-ring (bicyclic) bond motifs is 1. The maximum absolute atomic E-state index is 10.2. The van der Waals surface area contributed by atoms with Crippen molar-refractivity contribution in [3.63, 3.8) is 0 Å². The quantitative estimate of drug-likeness (QED) is 0.315. The van der Waals surface area contributed by atoms with Gasteiger partial charge in [0.25, 0.3) is 0 Å². The molecule has 2 nitrogen and oxygen atoms in total. The Bertz CT molecular complexity index is 620. The van der Waals surface area contributed by atoms with Gasteiger partial charge in [-0.05, 0) is 93.2 Å². The summed E-state index contributed by atoms with van der Waals surface area (Å²) in [6.45, 7) is 20.7. The Labute approximate surface area is 189 Å². The minimum absolute atomic E-state index is 0.155. The Balaban J connectivity index is 2.22. The summed E-state index contributed by atoms with van der Waals surface area (Å²) in [5.41, 5.74) is -0.111. The standard InChI is InChI=1S/C27H50O2Si/c1-11-17-26(7,19-13-18-25(5,6)28)23-16-15-21-22(14-12-20-27(21,23)8)29-30(9,10)24(2,3)4/h1,21-23,28H,12-20H2,2-10H3/t21-,22-,23?,26+,27-/m0/s1. The number of aliphatic hydroxyl groups is 1. The van der Waals surface area contributed by atoms with E-state index in [1.807, 2.05) is 13.8 Å². The maximum atomic E-state index is 10.2. The largest absolute Gasteiger partial charge is 0.414 e. The number of rotatable bonds is 8. The molecule has 1 N–H and O–H groups in total. The van der Waals surface area contributed by atoms with Gasteiger partial charge in [0.1, 0.15) is 0 Å². The van der Waals surface area contributed by atoms with Gasteiger partial charge >= 0.3 is 0 Å². The predicted molar refractivity (Wildman–Crippen MR) is 132 cm³/mol. The molecule has 3 heteroatoms. The average Bonchev–Trinajstić information content (AvgIpc) is 2.91. The molecular weight excluding hydrogens is 384 g/mol. The second kappa shape index (κ2) is 8.91. The highest BCUT2D eigenvalue weighted by atomic mass is 28.4. The first-order valence-electron chi connectivity index (χ1n) is 12.4. The van der Waals surface area contributed by atoms with E-state index in [-0.39, 0.29) is 10.5 Å². The van der Waals surface area contributed by atoms with Crippen LogP contribution in [0.25, 0.3) is 0 Å². The van der Waals surface area contributed by atoms with E-state index >= 15 is 0 Å². The number of hydrogen-bond donors (Lipinski definition) is 1. The van der Waals surface area contributed by atoms with E-state index in [9.17, 15) is 5.11 Å². The fraction of sp³-hybridized carbons (Fsp3) is 0.926. The highest BCUT2D eigenvalue weighted by Crippen LogP contribution is 2.63. The molecule has 2 saturated carbocycles. The summed E-state index contributed by atoms with van der Waals surface area (Å²) in [6.07, 6.45) is 16.5. The maximum Gasteiger partial charge on any atom is 0.192 e. The number of hydrogen-bond acceptors (Lipinski definition) is 2. The molecule has 1 unspecified atom stereocenters. The van der Waals surface area contributed by atoms with E-state index in [1.165, 1.54) is 32.1 Å². The summed E-state index contributed by atoms with van der Waals surface area (Å²) in [6, 6.07) is 0. The summed E-state index contributed by atoms with van der Waals surface area (Å²) in [5.74, 6) is 4.34. The average molecular weight is 435 g/mol. The van der Waals surface area contributed by atoms with Crippen LogP contribution in [0, 0.1) is 35.0 Å². The van der Waals surface area contributed by atoms with E-state index in [0.29, 0.717) is 23.4 Å². The van der Waals surface area contributed by atoms with Crippen LogP contribution >= 0.6 is 0 Å². The molecule has 2 fully saturated rings. The predicted octanol–water partition coefficient (Wildman–Crippen LogP) is 7.56. The Morgan fingerprint density at radius 1 is 1.07 bits per heavy atom. The van der Waals surface area contributed by atoms with Gasteiger partial charge in [0.2, 0.25) is 0 Å². The third kappa shape index (κ3) is 5.54. The highest BCUT2D eigenvalue weighted by molar-refractivity contribution is 6.74. The Morgan fingerprint density at radius 3 is 2.23 bits per heavy atom. The molecule has 0 saturated heterocycles. The van der Waals surface area contributed by atoms with Crippen molar-refractivity contribution < 1.29 is 9.53 Å². The molecule has 0 spiro atoms. The molecule has 0 bridgehead atoms. The smallest absolute Gasteiger partial charge is 0.192 e. The van der Waals surface area contributed by atoms with Gasteiger partial charge in [0, 0.05) is 12.5 Å². The normalized spacial score (nSPS) is 32.4. The zero-order chi connectivity index (χ0) is 23.0. The lowest BCUT2D eigenvalue weighted by Gasteiger charge is -2.52. The Kier molecular flexibility index (Phi) is 7.71. The molecule has 0 aromatic rings. The van der Waals surface area contributed by atoms with Crippen molar-refractivity contribution in [3.05, 3.63) is 0 Å². The van der Waals surface area contributed by atoms with Crippen LogP contribution in [0.2, 0.25) is 18.1 Å². The lowest BCUT2D eigenvalue weighted by Crippen LogP contribution is -2.51. The van der Waals surface area contributed by atoms with Crippen LogP contribution in [0.1, 0.15) is 106 Å². The van der Waals surface area contributed by atoms with Crippen molar-refractivity contribution in [2.45, 2.75) is 136 Å². The molecule has 2 aliphatic rings. The molecule has 174 valence electrons. The van der Waals surface area contributed by atoms with E-state index in [2.05, 4.69) is 53.6 Å². The summed E-state index contributed by atoms with van der Waals surface area (Å²) in [5, 5.41) is 10.5. The molecule has 5 atom stereocenters. The second-order valence-corrected chi connectivity index (χ2v) is 18.0. The third-order valence-corrected chi connectivity index (χ3v) is 13.7. The van der Waals surface area contributed by atoms with Gasteiger partial charge in [-0.15, -0.1) is 12.3 Å². The molecule has 2 aliphatic carbocycles. The monoisotopic (exact) mass is 434 g/mol. The second-order valence-electron chi connectivity index (χ2n) is 13.3. The SMILES string of the molecule is C#CC[C@](C)(CCCC(C)(C)O)C1CC[C@H]2[C@@H](O[Si](C)(C)C(C)(C)C)CCC[C@]12C. The Hall–Kier alpha value is -0.303. The van der Waals surface area contributed by atoms with Crippen LogP contribution in [-0.2, 0) is 4.43 Å². The first kappa shape index (κ1) is 26.0. The van der Waals surface area contributed by atoms with Crippen molar-refractivity contribution in [1.29, 1.82) is 0 Å². The van der Waals surface area contributed by atoms with E-state index in [1.54, 1.807) is 0 Å². The van der Waals surface area contributed by atoms with Crippen molar-refractivity contribution in [3.8, 4) is 12.3 Å². The van der Waals surface area contributed by atoms with Crippen LogP contribution in [0.4, 0.5) is 0 Å². The van der Waals surface area contributed by atoms with Gasteiger partial charge in [-0.2, -0.15) is 0 Å². The zero-order valence-corrected chi connectivity index (χ0v) is 22.5. The summed E-state index contributed by atoms with van der Waals surface area (Å²) in [4.78, 5) is 0. The lowest BCUT2D eigenvalue weighted by atomic mass is 9.56. The first-order valence-corrected chi connectivity index (χ1v) is 15.3. The topological polar surface area (TPSA) is 29.5 Å². The van der Waals surface area contributed by atoms with Crippen molar-refractivity contribution in [2.75, 3.05) is 0 Å². The first-order chi connectivity index (χ1) is 13.6. The molecule has 30 heavy (non-hydrogen) atoms. The third-order valence-electron chi connectivity index (χ3n) is 9.20. The van der Waals surface area contributed by atoms with Crippen LogP contribution in [0.3, 0.4) is 0 Å². The molecule has 0 aliphatic heterocycles. The minimum atomic E-state index is -1.77. The van der Waals surface area contributed by atoms with Crippen LogP contribution in [-0.4, -0.2) is 25.1 Å². The summed E-state index contributed by atoms with van der Waals surface area (Å²) < 4.78 is 7.03. The van der Waals surface area contributed by atoms with Crippen LogP contribution in [0.5, 0.6) is 0 Å². The fourth-order valence-corrected chi connectivity index (χ4v) is 7.90. The van der Waals surface area contributed by atoms with E-state index in [0.717, 1.165) is 25.7 Å². The van der Waals surface area contributed by atoms with Gasteiger partial charge in [-0.1, -0.05) is 47.5 Å². The molecule has 0 radical (unpaired) electrons. The van der Waals surface area contributed by atoms with Gasteiger partial charge < -0.3 is 9.53 Å². The van der Waals surface area contributed by atoms with Gasteiger partial charge in [-0.3, -0.25) is 0 Å².